The Morgan fingerprint density at radius 3 is 2.18 bits per heavy atom. The molecular formula is C19H26N2O. The van der Waals surface area contributed by atoms with E-state index < -0.39 is 0 Å². The molecule has 0 spiro atoms. The second-order valence-corrected chi connectivity index (χ2v) is 8.10. The van der Waals surface area contributed by atoms with Gasteiger partial charge in [-0.3, -0.25) is 0 Å². The van der Waals surface area contributed by atoms with Crippen LogP contribution in [0, 0.1) is 31.6 Å². The summed E-state index contributed by atoms with van der Waals surface area (Å²) in [7, 11) is 0. The predicted octanol–water partition coefficient (Wildman–Crippen LogP) is 4.39. The van der Waals surface area contributed by atoms with Crippen molar-refractivity contribution in [1.82, 2.24) is 5.32 Å². The number of rotatable bonds is 2. The lowest BCUT2D eigenvalue weighted by molar-refractivity contribution is -0.0127. The number of carbonyl (C=O) groups is 1. The van der Waals surface area contributed by atoms with Crippen molar-refractivity contribution in [2.75, 3.05) is 5.32 Å². The monoisotopic (exact) mass is 298 g/mol. The molecule has 22 heavy (non-hydrogen) atoms. The van der Waals surface area contributed by atoms with Gasteiger partial charge in [0.2, 0.25) is 0 Å². The van der Waals surface area contributed by atoms with E-state index in [-0.39, 0.29) is 11.6 Å². The number of nitrogens with one attached hydrogen (secondary N) is 2. The minimum absolute atomic E-state index is 0.0195. The van der Waals surface area contributed by atoms with Gasteiger partial charge in [0, 0.05) is 11.2 Å². The SMILES string of the molecule is Cc1ccc(NC(=O)NC23CC4CC(CC(C4)C2)C3)c(C)c1. The van der Waals surface area contributed by atoms with Gasteiger partial charge in [-0.05, 0) is 81.8 Å². The van der Waals surface area contributed by atoms with Gasteiger partial charge in [0.1, 0.15) is 0 Å². The number of anilines is 1. The maximum absolute atomic E-state index is 12.5. The van der Waals surface area contributed by atoms with E-state index in [1.54, 1.807) is 0 Å². The molecule has 0 unspecified atom stereocenters. The molecule has 3 heteroatoms. The van der Waals surface area contributed by atoms with Gasteiger partial charge >= 0.3 is 6.03 Å². The van der Waals surface area contributed by atoms with Crippen LogP contribution in [0.2, 0.25) is 0 Å². The second-order valence-electron chi connectivity index (χ2n) is 8.10. The van der Waals surface area contributed by atoms with Crippen LogP contribution in [-0.2, 0) is 0 Å². The highest BCUT2D eigenvalue weighted by atomic mass is 16.2. The molecule has 4 aliphatic carbocycles. The van der Waals surface area contributed by atoms with Crippen molar-refractivity contribution in [3.05, 3.63) is 29.3 Å². The van der Waals surface area contributed by atoms with E-state index in [4.69, 9.17) is 0 Å². The fraction of sp³-hybridized carbons (Fsp3) is 0.632. The Balaban J connectivity index is 1.46. The van der Waals surface area contributed by atoms with Gasteiger partial charge in [0.15, 0.2) is 0 Å². The fourth-order valence-electron chi connectivity index (χ4n) is 5.61. The van der Waals surface area contributed by atoms with E-state index in [0.29, 0.717) is 0 Å². The van der Waals surface area contributed by atoms with Crippen molar-refractivity contribution in [3.8, 4) is 0 Å². The van der Waals surface area contributed by atoms with Gasteiger partial charge in [0.05, 0.1) is 0 Å². The van der Waals surface area contributed by atoms with Gasteiger partial charge in [-0.1, -0.05) is 17.7 Å². The lowest BCUT2D eigenvalue weighted by Gasteiger charge is -2.56. The summed E-state index contributed by atoms with van der Waals surface area (Å²) in [5.41, 5.74) is 3.36. The molecular weight excluding hydrogens is 272 g/mol. The Morgan fingerprint density at radius 2 is 1.64 bits per heavy atom. The molecule has 0 atom stereocenters. The first-order valence-corrected chi connectivity index (χ1v) is 8.68. The number of benzene rings is 1. The van der Waals surface area contributed by atoms with Gasteiger partial charge in [0.25, 0.3) is 0 Å². The van der Waals surface area contributed by atoms with E-state index in [9.17, 15) is 4.79 Å². The number of hydrogen-bond donors (Lipinski definition) is 2. The molecule has 4 aliphatic rings. The highest BCUT2D eigenvalue weighted by Gasteiger charge is 2.51. The van der Waals surface area contributed by atoms with Crippen molar-refractivity contribution in [2.45, 2.75) is 57.9 Å². The van der Waals surface area contributed by atoms with Crippen molar-refractivity contribution >= 4 is 11.7 Å². The van der Waals surface area contributed by atoms with Gasteiger partial charge < -0.3 is 10.6 Å². The zero-order valence-electron chi connectivity index (χ0n) is 13.6. The summed E-state index contributed by atoms with van der Waals surface area (Å²) in [6.45, 7) is 4.12. The first-order valence-electron chi connectivity index (χ1n) is 8.68. The summed E-state index contributed by atoms with van der Waals surface area (Å²) >= 11 is 0. The highest BCUT2D eigenvalue weighted by molar-refractivity contribution is 5.90. The Hall–Kier alpha value is -1.51. The maximum atomic E-state index is 12.5. The number of amides is 2. The average molecular weight is 298 g/mol. The van der Waals surface area contributed by atoms with Crippen LogP contribution in [0.15, 0.2) is 18.2 Å². The third kappa shape index (κ3) is 2.51. The first-order chi connectivity index (χ1) is 10.5. The first kappa shape index (κ1) is 14.1. The molecule has 0 aromatic heterocycles. The molecule has 0 saturated heterocycles. The number of aryl methyl sites for hydroxylation is 2. The van der Waals surface area contributed by atoms with Crippen LogP contribution < -0.4 is 10.6 Å². The van der Waals surface area contributed by atoms with E-state index in [1.807, 2.05) is 19.1 Å². The standard InChI is InChI=1S/C19H26N2O/c1-12-3-4-17(13(2)5-12)20-18(22)21-19-9-14-6-15(10-19)8-16(7-14)11-19/h3-5,14-16H,6-11H2,1-2H3,(H2,20,21,22). The fourth-order valence-corrected chi connectivity index (χ4v) is 5.61. The topological polar surface area (TPSA) is 41.1 Å². The largest absolute Gasteiger partial charge is 0.332 e. The van der Waals surface area contributed by atoms with Gasteiger partial charge in [-0.25, -0.2) is 4.79 Å². The summed E-state index contributed by atoms with van der Waals surface area (Å²) in [5, 5.41) is 6.43. The van der Waals surface area contributed by atoms with Crippen LogP contribution in [0.25, 0.3) is 0 Å². The van der Waals surface area contributed by atoms with Gasteiger partial charge in [-0.15, -0.1) is 0 Å². The average Bonchev–Trinajstić information content (AvgIpc) is 2.39. The zero-order chi connectivity index (χ0) is 15.3. The van der Waals surface area contributed by atoms with Crippen molar-refractivity contribution in [3.63, 3.8) is 0 Å². The van der Waals surface area contributed by atoms with Crippen molar-refractivity contribution in [2.24, 2.45) is 17.8 Å². The molecule has 3 nitrogen and oxygen atoms in total. The quantitative estimate of drug-likeness (QED) is 0.835. The van der Waals surface area contributed by atoms with Crippen molar-refractivity contribution < 1.29 is 4.79 Å². The molecule has 0 aliphatic heterocycles. The molecule has 0 radical (unpaired) electrons. The van der Waals surface area contributed by atoms with Crippen LogP contribution >= 0.6 is 0 Å². The normalized spacial score (nSPS) is 35.5. The lowest BCUT2D eigenvalue weighted by atomic mass is 9.53. The molecule has 5 rings (SSSR count). The summed E-state index contributed by atoms with van der Waals surface area (Å²) in [4.78, 5) is 12.5. The summed E-state index contributed by atoms with van der Waals surface area (Å²) in [6, 6.07) is 6.14. The molecule has 4 bridgehead atoms. The third-order valence-electron chi connectivity index (χ3n) is 6.05. The number of hydrogen-bond acceptors (Lipinski definition) is 1. The molecule has 1 aromatic rings. The minimum atomic E-state index is -0.0195. The Kier molecular flexibility index (Phi) is 3.21. The van der Waals surface area contributed by atoms with Crippen LogP contribution in [0.1, 0.15) is 49.7 Å². The van der Waals surface area contributed by atoms with Crippen LogP contribution in [-0.4, -0.2) is 11.6 Å². The van der Waals surface area contributed by atoms with E-state index >= 15 is 0 Å². The smallest absolute Gasteiger partial charge is 0.319 e. The molecule has 1 aromatic carbocycles. The Bertz CT molecular complexity index is 572. The predicted molar refractivity (Wildman–Crippen MR) is 89.0 cm³/mol. The van der Waals surface area contributed by atoms with E-state index in [0.717, 1.165) is 29.0 Å². The Labute approximate surface area is 132 Å². The minimum Gasteiger partial charge on any atom is -0.332 e. The molecule has 2 N–H and O–H groups in total. The molecule has 0 heterocycles. The van der Waals surface area contributed by atoms with E-state index in [2.05, 4.69) is 23.6 Å². The number of carbonyl (C=O) groups excluding carboxylic acids is 1. The Morgan fingerprint density at radius 1 is 1.05 bits per heavy atom. The molecule has 4 fully saturated rings. The highest BCUT2D eigenvalue weighted by Crippen LogP contribution is 2.55. The maximum Gasteiger partial charge on any atom is 0.319 e. The van der Waals surface area contributed by atoms with Crippen LogP contribution in [0.5, 0.6) is 0 Å². The molecule has 2 amide bonds. The summed E-state index contributed by atoms with van der Waals surface area (Å²) < 4.78 is 0. The van der Waals surface area contributed by atoms with Gasteiger partial charge in [-0.2, -0.15) is 0 Å². The third-order valence-corrected chi connectivity index (χ3v) is 6.05. The second kappa shape index (κ2) is 5.00. The number of urea groups is 1. The molecule has 4 saturated carbocycles. The molecule has 118 valence electrons. The summed E-state index contributed by atoms with van der Waals surface area (Å²) in [6.07, 6.45) is 7.79. The lowest BCUT2D eigenvalue weighted by Crippen LogP contribution is -2.60. The zero-order valence-corrected chi connectivity index (χ0v) is 13.6. The van der Waals surface area contributed by atoms with Crippen LogP contribution in [0.4, 0.5) is 10.5 Å². The summed E-state index contributed by atoms with van der Waals surface area (Å²) in [5.74, 6) is 2.56. The van der Waals surface area contributed by atoms with Crippen molar-refractivity contribution in [1.29, 1.82) is 0 Å². The van der Waals surface area contributed by atoms with Crippen LogP contribution in [0.3, 0.4) is 0 Å². The van der Waals surface area contributed by atoms with E-state index in [1.165, 1.54) is 44.1 Å².